The largest absolute Gasteiger partial charge is 0.339 e. The molecule has 0 radical (unpaired) electrons. The summed E-state index contributed by atoms with van der Waals surface area (Å²) in [6, 6.07) is 2.98. The maximum Gasteiger partial charge on any atom is 0.156 e. The van der Waals surface area contributed by atoms with Crippen LogP contribution in [0.25, 0.3) is 11.5 Å². The highest BCUT2D eigenvalue weighted by atomic mass is 19.1. The average molecular weight is 234 g/mol. The Morgan fingerprint density at radius 2 is 2.18 bits per heavy atom. The summed E-state index contributed by atoms with van der Waals surface area (Å²) in [7, 11) is 0. The average Bonchev–Trinajstić information content (AvgIpc) is 2.79. The van der Waals surface area contributed by atoms with E-state index in [4.69, 9.17) is 0 Å². The standard InChI is InChI=1S/C12H15FN4/c1-2-5-14-7-10-8-16-12(17-10)11-4-3-9(13)6-15-11/h3-4,6,8,14H,2,5,7H2,1H3,(H,16,17). The predicted molar refractivity (Wildman–Crippen MR) is 63.8 cm³/mol. The number of aromatic amines is 1. The van der Waals surface area contributed by atoms with Gasteiger partial charge in [-0.1, -0.05) is 6.92 Å². The summed E-state index contributed by atoms with van der Waals surface area (Å²) in [5.41, 5.74) is 1.65. The number of rotatable bonds is 5. The second-order valence-electron chi connectivity index (χ2n) is 3.80. The first-order chi connectivity index (χ1) is 8.29. The van der Waals surface area contributed by atoms with E-state index in [1.54, 1.807) is 12.3 Å². The Kier molecular flexibility index (Phi) is 3.82. The third-order valence-corrected chi connectivity index (χ3v) is 2.34. The molecule has 0 aromatic carbocycles. The summed E-state index contributed by atoms with van der Waals surface area (Å²) in [5.74, 6) is 0.323. The van der Waals surface area contributed by atoms with Gasteiger partial charge in [-0.25, -0.2) is 14.4 Å². The zero-order chi connectivity index (χ0) is 12.1. The van der Waals surface area contributed by atoms with Gasteiger partial charge in [-0.3, -0.25) is 0 Å². The number of hydrogen-bond acceptors (Lipinski definition) is 3. The molecule has 0 spiro atoms. The molecule has 4 nitrogen and oxygen atoms in total. The lowest BCUT2D eigenvalue weighted by Crippen LogP contribution is -2.13. The number of halogens is 1. The van der Waals surface area contributed by atoms with Crippen molar-refractivity contribution in [2.24, 2.45) is 0 Å². The number of nitrogens with one attached hydrogen (secondary N) is 2. The van der Waals surface area contributed by atoms with Crippen molar-refractivity contribution in [3.63, 3.8) is 0 Å². The Bertz CT molecular complexity index is 464. The minimum atomic E-state index is -0.342. The molecule has 0 atom stereocenters. The molecule has 0 fully saturated rings. The van der Waals surface area contributed by atoms with E-state index in [2.05, 4.69) is 27.2 Å². The molecule has 17 heavy (non-hydrogen) atoms. The Hall–Kier alpha value is -1.75. The van der Waals surface area contributed by atoms with Crippen LogP contribution in [0.5, 0.6) is 0 Å². The topological polar surface area (TPSA) is 53.6 Å². The molecular formula is C12H15FN4. The van der Waals surface area contributed by atoms with E-state index >= 15 is 0 Å². The van der Waals surface area contributed by atoms with Gasteiger partial charge >= 0.3 is 0 Å². The molecule has 5 heteroatoms. The summed E-state index contributed by atoms with van der Waals surface area (Å²) in [6.07, 6.45) is 4.05. The normalized spacial score (nSPS) is 10.7. The maximum atomic E-state index is 12.7. The molecule has 0 bridgehead atoms. The molecule has 0 unspecified atom stereocenters. The molecule has 0 amide bonds. The summed E-state index contributed by atoms with van der Waals surface area (Å²) >= 11 is 0. The second kappa shape index (κ2) is 5.54. The van der Waals surface area contributed by atoms with Crippen molar-refractivity contribution in [3.8, 4) is 11.5 Å². The van der Waals surface area contributed by atoms with Crippen molar-refractivity contribution >= 4 is 0 Å². The first kappa shape index (κ1) is 11.7. The molecule has 0 aliphatic rings. The molecule has 2 aromatic rings. The first-order valence-corrected chi connectivity index (χ1v) is 5.66. The molecule has 2 aromatic heterocycles. The molecule has 2 rings (SSSR count). The quantitative estimate of drug-likeness (QED) is 0.779. The fraction of sp³-hybridized carbons (Fsp3) is 0.333. The predicted octanol–water partition coefficient (Wildman–Crippen LogP) is 2.11. The van der Waals surface area contributed by atoms with Crippen molar-refractivity contribution in [2.45, 2.75) is 19.9 Å². The molecule has 90 valence electrons. The molecule has 0 saturated heterocycles. The Morgan fingerprint density at radius 3 is 2.88 bits per heavy atom. The first-order valence-electron chi connectivity index (χ1n) is 5.66. The monoisotopic (exact) mass is 234 g/mol. The molecule has 0 aliphatic carbocycles. The highest BCUT2D eigenvalue weighted by molar-refractivity contribution is 5.48. The van der Waals surface area contributed by atoms with E-state index in [1.165, 1.54) is 12.3 Å². The van der Waals surface area contributed by atoms with Gasteiger partial charge in [-0.15, -0.1) is 0 Å². The molecule has 0 saturated carbocycles. The van der Waals surface area contributed by atoms with Gasteiger partial charge in [0.1, 0.15) is 11.5 Å². The van der Waals surface area contributed by atoms with Crippen LogP contribution >= 0.6 is 0 Å². The molecule has 2 N–H and O–H groups in total. The summed E-state index contributed by atoms with van der Waals surface area (Å²) < 4.78 is 12.7. The minimum Gasteiger partial charge on any atom is -0.339 e. The number of pyridine rings is 1. The van der Waals surface area contributed by atoms with Crippen LogP contribution in [0, 0.1) is 5.82 Å². The van der Waals surface area contributed by atoms with Crippen LogP contribution in [0.4, 0.5) is 4.39 Å². The highest BCUT2D eigenvalue weighted by Gasteiger charge is 2.04. The lowest BCUT2D eigenvalue weighted by molar-refractivity contribution is 0.621. The van der Waals surface area contributed by atoms with Gasteiger partial charge in [-0.05, 0) is 25.1 Å². The van der Waals surface area contributed by atoms with E-state index in [0.29, 0.717) is 11.5 Å². The van der Waals surface area contributed by atoms with Crippen molar-refractivity contribution in [3.05, 3.63) is 36.0 Å². The number of hydrogen-bond donors (Lipinski definition) is 2. The van der Waals surface area contributed by atoms with Crippen molar-refractivity contribution in [1.82, 2.24) is 20.3 Å². The van der Waals surface area contributed by atoms with Gasteiger partial charge in [0.15, 0.2) is 5.82 Å². The van der Waals surface area contributed by atoms with Gasteiger partial charge in [-0.2, -0.15) is 0 Å². The van der Waals surface area contributed by atoms with Gasteiger partial charge in [0.25, 0.3) is 0 Å². The van der Waals surface area contributed by atoms with E-state index in [9.17, 15) is 4.39 Å². The number of aromatic nitrogens is 3. The van der Waals surface area contributed by atoms with Gasteiger partial charge in [0, 0.05) is 12.2 Å². The Balaban J connectivity index is 2.04. The van der Waals surface area contributed by atoms with E-state index in [1.807, 2.05) is 0 Å². The maximum absolute atomic E-state index is 12.7. The lowest BCUT2D eigenvalue weighted by atomic mass is 10.3. The Morgan fingerprint density at radius 1 is 1.29 bits per heavy atom. The van der Waals surface area contributed by atoms with Crippen LogP contribution in [-0.4, -0.2) is 21.5 Å². The van der Waals surface area contributed by atoms with Gasteiger partial charge < -0.3 is 10.3 Å². The molecular weight excluding hydrogens is 219 g/mol. The lowest BCUT2D eigenvalue weighted by Gasteiger charge is -1.99. The van der Waals surface area contributed by atoms with E-state index in [0.717, 1.165) is 25.2 Å². The van der Waals surface area contributed by atoms with Crippen molar-refractivity contribution in [2.75, 3.05) is 6.54 Å². The second-order valence-corrected chi connectivity index (χ2v) is 3.80. The molecule has 2 heterocycles. The van der Waals surface area contributed by atoms with Crippen molar-refractivity contribution in [1.29, 1.82) is 0 Å². The van der Waals surface area contributed by atoms with Crippen LogP contribution < -0.4 is 5.32 Å². The summed E-state index contributed by atoms with van der Waals surface area (Å²) in [6.45, 7) is 3.85. The zero-order valence-corrected chi connectivity index (χ0v) is 9.70. The fourth-order valence-corrected chi connectivity index (χ4v) is 1.49. The van der Waals surface area contributed by atoms with Gasteiger partial charge in [0.05, 0.1) is 12.4 Å². The third kappa shape index (κ3) is 3.10. The number of H-pyrrole nitrogens is 1. The van der Waals surface area contributed by atoms with Crippen LogP contribution in [0.2, 0.25) is 0 Å². The zero-order valence-electron chi connectivity index (χ0n) is 9.70. The third-order valence-electron chi connectivity index (χ3n) is 2.34. The Labute approximate surface area is 99.3 Å². The van der Waals surface area contributed by atoms with Crippen LogP contribution in [0.15, 0.2) is 24.5 Å². The van der Waals surface area contributed by atoms with E-state index in [-0.39, 0.29) is 5.82 Å². The van der Waals surface area contributed by atoms with Crippen LogP contribution in [0.1, 0.15) is 19.0 Å². The SMILES string of the molecule is CCCNCc1cnc(-c2ccc(F)cn2)[nH]1. The number of imidazole rings is 1. The minimum absolute atomic E-state index is 0.342. The van der Waals surface area contributed by atoms with Crippen LogP contribution in [0.3, 0.4) is 0 Å². The highest BCUT2D eigenvalue weighted by Crippen LogP contribution is 2.12. The molecule has 0 aliphatic heterocycles. The van der Waals surface area contributed by atoms with Gasteiger partial charge in [0.2, 0.25) is 0 Å². The van der Waals surface area contributed by atoms with E-state index < -0.39 is 0 Å². The smallest absolute Gasteiger partial charge is 0.156 e. The summed E-state index contributed by atoms with van der Waals surface area (Å²) in [5, 5.41) is 3.27. The number of nitrogens with zero attached hydrogens (tertiary/aromatic N) is 2. The summed E-state index contributed by atoms with van der Waals surface area (Å²) in [4.78, 5) is 11.3. The van der Waals surface area contributed by atoms with Crippen LogP contribution in [-0.2, 0) is 6.54 Å². The fourth-order valence-electron chi connectivity index (χ4n) is 1.49. The van der Waals surface area contributed by atoms with Crippen molar-refractivity contribution < 1.29 is 4.39 Å².